The molecule has 11 heavy (non-hydrogen) atoms. The number of hydrogen-bond donors (Lipinski definition) is 1. The molecule has 0 spiro atoms. The van der Waals surface area contributed by atoms with Gasteiger partial charge in [0.1, 0.15) is 12.4 Å². The second-order valence-electron chi connectivity index (χ2n) is 3.13. The van der Waals surface area contributed by atoms with E-state index in [1.807, 2.05) is 0 Å². The van der Waals surface area contributed by atoms with Crippen molar-refractivity contribution in [1.29, 1.82) is 0 Å². The highest BCUT2D eigenvalue weighted by molar-refractivity contribution is 5.26. The Morgan fingerprint density at radius 2 is 2.55 bits per heavy atom. The third-order valence-corrected chi connectivity index (χ3v) is 2.03. The lowest BCUT2D eigenvalue weighted by atomic mass is 10.1. The van der Waals surface area contributed by atoms with Crippen LogP contribution < -0.4 is 5.32 Å². The normalized spacial score (nSPS) is 29.0. The van der Waals surface area contributed by atoms with E-state index >= 15 is 0 Å². The van der Waals surface area contributed by atoms with Gasteiger partial charge in [0.15, 0.2) is 0 Å². The largest absolute Gasteiger partial charge is 0.494 e. The van der Waals surface area contributed by atoms with Crippen LogP contribution in [0.5, 0.6) is 0 Å². The van der Waals surface area contributed by atoms with E-state index < -0.39 is 0 Å². The quantitative estimate of drug-likeness (QED) is 0.567. The molecule has 2 rings (SSSR count). The molecule has 0 aromatic rings. The molecule has 2 aliphatic rings. The smallest absolute Gasteiger partial charge is 0.119 e. The van der Waals surface area contributed by atoms with Crippen molar-refractivity contribution in [1.82, 2.24) is 5.32 Å². The van der Waals surface area contributed by atoms with E-state index in [-0.39, 0.29) is 0 Å². The molecule has 1 unspecified atom stereocenters. The minimum Gasteiger partial charge on any atom is -0.494 e. The van der Waals surface area contributed by atoms with Crippen molar-refractivity contribution in [2.75, 3.05) is 6.61 Å². The highest BCUT2D eigenvalue weighted by Crippen LogP contribution is 2.21. The molecule has 2 heteroatoms. The minimum atomic E-state index is 0.455. The molecule has 0 saturated heterocycles. The Morgan fingerprint density at radius 3 is 3.45 bits per heavy atom. The second kappa shape index (κ2) is 2.61. The maximum atomic E-state index is 5.56. The summed E-state index contributed by atoms with van der Waals surface area (Å²) in [6, 6.07) is 0.455. The fraction of sp³-hybridized carbons (Fsp3) is 0.556. The first-order chi connectivity index (χ1) is 5.36. The van der Waals surface area contributed by atoms with E-state index in [1.165, 1.54) is 5.70 Å². The zero-order valence-corrected chi connectivity index (χ0v) is 6.76. The third-order valence-electron chi connectivity index (χ3n) is 2.03. The summed E-state index contributed by atoms with van der Waals surface area (Å²) in [6.07, 6.45) is 6.49. The van der Waals surface area contributed by atoms with Crippen LogP contribution in [-0.4, -0.2) is 12.6 Å². The summed E-state index contributed by atoms with van der Waals surface area (Å²) in [5.74, 6) is 1.14. The predicted octanol–water partition coefficient (Wildman–Crippen LogP) is 1.56. The molecule has 1 atom stereocenters. The van der Waals surface area contributed by atoms with Crippen molar-refractivity contribution < 1.29 is 4.74 Å². The number of nitrogens with one attached hydrogen (secondary N) is 1. The molecule has 0 fully saturated rings. The summed E-state index contributed by atoms with van der Waals surface area (Å²) in [5, 5.41) is 3.39. The van der Waals surface area contributed by atoms with Crippen molar-refractivity contribution in [2.45, 2.75) is 25.8 Å². The van der Waals surface area contributed by atoms with E-state index in [1.54, 1.807) is 0 Å². The molecule has 60 valence electrons. The molecule has 0 radical (unpaired) electrons. The van der Waals surface area contributed by atoms with Crippen molar-refractivity contribution in [3.05, 3.63) is 23.6 Å². The van der Waals surface area contributed by atoms with E-state index in [0.717, 1.165) is 25.2 Å². The predicted molar refractivity (Wildman–Crippen MR) is 43.9 cm³/mol. The lowest BCUT2D eigenvalue weighted by Gasteiger charge is -2.27. The summed E-state index contributed by atoms with van der Waals surface area (Å²) in [4.78, 5) is 0. The van der Waals surface area contributed by atoms with Crippen molar-refractivity contribution in [2.24, 2.45) is 0 Å². The van der Waals surface area contributed by atoms with Crippen molar-refractivity contribution in [3.8, 4) is 0 Å². The summed E-state index contributed by atoms with van der Waals surface area (Å²) in [6.45, 7) is 2.94. The standard InChI is InChI=1S/C9H13NO/c1-7-6-11-9-5-3-2-4-8(9)10-7/h2,4,7,10H,3,5-6H2,1H3. The molecule has 0 aromatic heterocycles. The molecular formula is C9H13NO. The third kappa shape index (κ3) is 1.25. The van der Waals surface area contributed by atoms with Crippen molar-refractivity contribution >= 4 is 0 Å². The first-order valence-corrected chi connectivity index (χ1v) is 4.15. The van der Waals surface area contributed by atoms with Crippen molar-refractivity contribution in [3.63, 3.8) is 0 Å². The van der Waals surface area contributed by atoms with Crippen LogP contribution in [0.4, 0.5) is 0 Å². The van der Waals surface area contributed by atoms with Gasteiger partial charge in [0.25, 0.3) is 0 Å². The van der Waals surface area contributed by atoms with Gasteiger partial charge in [-0.25, -0.2) is 0 Å². The first kappa shape index (κ1) is 6.77. The minimum absolute atomic E-state index is 0.455. The number of ether oxygens (including phenoxy) is 1. The highest BCUT2D eigenvalue weighted by Gasteiger charge is 2.17. The Bertz CT molecular complexity index is 218. The summed E-state index contributed by atoms with van der Waals surface area (Å²) < 4.78 is 5.56. The van der Waals surface area contributed by atoms with Crippen LogP contribution in [0.2, 0.25) is 0 Å². The van der Waals surface area contributed by atoms with Gasteiger partial charge in [0, 0.05) is 6.42 Å². The lowest BCUT2D eigenvalue weighted by molar-refractivity contribution is 0.154. The Hall–Kier alpha value is -0.920. The Balaban J connectivity index is 2.19. The maximum absolute atomic E-state index is 5.56. The van der Waals surface area contributed by atoms with Crippen LogP contribution in [0, 0.1) is 0 Å². The number of allylic oxidation sites excluding steroid dienone is 3. The number of rotatable bonds is 0. The second-order valence-corrected chi connectivity index (χ2v) is 3.13. The fourth-order valence-electron chi connectivity index (χ4n) is 1.45. The molecule has 0 aromatic carbocycles. The monoisotopic (exact) mass is 151 g/mol. The molecule has 0 saturated carbocycles. The van der Waals surface area contributed by atoms with Gasteiger partial charge in [-0.1, -0.05) is 6.08 Å². The molecule has 0 amide bonds. The van der Waals surface area contributed by atoms with E-state index in [2.05, 4.69) is 24.4 Å². The van der Waals surface area contributed by atoms with Gasteiger partial charge in [-0.05, 0) is 19.4 Å². The van der Waals surface area contributed by atoms with Gasteiger partial charge < -0.3 is 10.1 Å². The molecule has 1 N–H and O–H groups in total. The van der Waals surface area contributed by atoms with Gasteiger partial charge in [0.2, 0.25) is 0 Å². The number of hydrogen-bond acceptors (Lipinski definition) is 2. The van der Waals surface area contributed by atoms with Crippen LogP contribution in [0.15, 0.2) is 23.6 Å². The summed E-state index contributed by atoms with van der Waals surface area (Å²) in [5.41, 5.74) is 1.19. The van der Waals surface area contributed by atoms with Crippen LogP contribution in [-0.2, 0) is 4.74 Å². The van der Waals surface area contributed by atoms with E-state index in [4.69, 9.17) is 4.74 Å². The van der Waals surface area contributed by atoms with Gasteiger partial charge >= 0.3 is 0 Å². The van der Waals surface area contributed by atoms with E-state index in [0.29, 0.717) is 6.04 Å². The average Bonchev–Trinajstić information content (AvgIpc) is 2.04. The first-order valence-electron chi connectivity index (χ1n) is 4.15. The Morgan fingerprint density at radius 1 is 1.64 bits per heavy atom. The molecule has 2 nitrogen and oxygen atoms in total. The van der Waals surface area contributed by atoms with Crippen LogP contribution in [0.3, 0.4) is 0 Å². The summed E-state index contributed by atoms with van der Waals surface area (Å²) in [7, 11) is 0. The van der Waals surface area contributed by atoms with Gasteiger partial charge in [-0.15, -0.1) is 0 Å². The Labute approximate surface area is 66.9 Å². The van der Waals surface area contributed by atoms with Crippen LogP contribution in [0.1, 0.15) is 19.8 Å². The molecule has 0 bridgehead atoms. The van der Waals surface area contributed by atoms with E-state index in [9.17, 15) is 0 Å². The topological polar surface area (TPSA) is 21.3 Å². The summed E-state index contributed by atoms with van der Waals surface area (Å²) >= 11 is 0. The van der Waals surface area contributed by atoms with Gasteiger partial charge in [-0.3, -0.25) is 0 Å². The SMILES string of the molecule is CC1COC2=C(C=CCC2)N1. The maximum Gasteiger partial charge on any atom is 0.119 e. The average molecular weight is 151 g/mol. The molecule has 1 aliphatic heterocycles. The van der Waals surface area contributed by atoms with Crippen LogP contribution >= 0.6 is 0 Å². The van der Waals surface area contributed by atoms with Gasteiger partial charge in [-0.2, -0.15) is 0 Å². The van der Waals surface area contributed by atoms with Gasteiger partial charge in [0.05, 0.1) is 11.7 Å². The zero-order valence-electron chi connectivity index (χ0n) is 6.76. The molecule has 1 aliphatic carbocycles. The fourth-order valence-corrected chi connectivity index (χ4v) is 1.45. The lowest BCUT2D eigenvalue weighted by Crippen LogP contribution is -2.35. The molecule has 1 heterocycles. The Kier molecular flexibility index (Phi) is 1.60. The van der Waals surface area contributed by atoms with Crippen LogP contribution in [0.25, 0.3) is 0 Å². The zero-order chi connectivity index (χ0) is 7.68. The highest BCUT2D eigenvalue weighted by atomic mass is 16.5. The molecular weight excluding hydrogens is 138 g/mol.